The van der Waals surface area contributed by atoms with Crippen molar-refractivity contribution in [2.24, 2.45) is 0 Å². The minimum absolute atomic E-state index is 0.0935. The predicted molar refractivity (Wildman–Crippen MR) is 109 cm³/mol. The summed E-state index contributed by atoms with van der Waals surface area (Å²) in [4.78, 5) is 51.5. The number of nitro groups is 1. The SMILES string of the molecule is O=C1CC(N(Cc2ccco2)C(=O)c2ccc([N+](=O)[O-])cc2)C(=O)N1c1ccc(F)cc1. The average Bonchev–Trinajstić information content (AvgIpc) is 3.40. The van der Waals surface area contributed by atoms with Crippen LogP contribution >= 0.6 is 0 Å². The molecule has 2 aromatic carbocycles. The maximum atomic E-state index is 13.3. The lowest BCUT2D eigenvalue weighted by molar-refractivity contribution is -0.384. The fourth-order valence-electron chi connectivity index (χ4n) is 3.51. The third kappa shape index (κ3) is 3.97. The van der Waals surface area contributed by atoms with Gasteiger partial charge in [0.25, 0.3) is 17.5 Å². The number of rotatable bonds is 6. The Morgan fingerprint density at radius 2 is 1.81 bits per heavy atom. The van der Waals surface area contributed by atoms with Gasteiger partial charge in [-0.15, -0.1) is 0 Å². The number of anilines is 1. The van der Waals surface area contributed by atoms with E-state index in [0.717, 1.165) is 17.0 Å². The maximum absolute atomic E-state index is 13.3. The molecule has 0 saturated carbocycles. The third-order valence-corrected chi connectivity index (χ3v) is 5.08. The quantitative estimate of drug-likeness (QED) is 0.332. The van der Waals surface area contributed by atoms with Gasteiger partial charge in [-0.05, 0) is 48.5 Å². The second kappa shape index (κ2) is 8.42. The molecule has 4 rings (SSSR count). The Morgan fingerprint density at radius 1 is 1.12 bits per heavy atom. The second-order valence-corrected chi connectivity index (χ2v) is 7.08. The summed E-state index contributed by atoms with van der Waals surface area (Å²) in [5.41, 5.74) is 0.126. The van der Waals surface area contributed by atoms with Gasteiger partial charge in [-0.2, -0.15) is 0 Å². The molecule has 3 aromatic rings. The first-order valence-corrected chi connectivity index (χ1v) is 9.55. The van der Waals surface area contributed by atoms with Crippen molar-refractivity contribution in [1.82, 2.24) is 4.90 Å². The van der Waals surface area contributed by atoms with Gasteiger partial charge in [0, 0.05) is 17.7 Å². The van der Waals surface area contributed by atoms with Crippen LogP contribution in [-0.4, -0.2) is 33.6 Å². The lowest BCUT2D eigenvalue weighted by Crippen LogP contribution is -2.45. The van der Waals surface area contributed by atoms with Crippen molar-refractivity contribution < 1.29 is 28.1 Å². The summed E-state index contributed by atoms with van der Waals surface area (Å²) in [5.74, 6) is -1.89. The number of furan rings is 1. The standard InChI is InChI=1S/C22H16FN3O6/c23-15-5-9-16(10-6-15)25-20(27)12-19(22(25)29)24(13-18-2-1-11-32-18)21(28)14-3-7-17(8-4-14)26(30)31/h1-11,19H,12-13H2. The van der Waals surface area contributed by atoms with Crippen LogP contribution in [0.4, 0.5) is 15.8 Å². The van der Waals surface area contributed by atoms with Crippen LogP contribution in [0.5, 0.6) is 0 Å². The van der Waals surface area contributed by atoms with Crippen molar-refractivity contribution >= 4 is 29.1 Å². The monoisotopic (exact) mass is 437 g/mol. The molecule has 2 heterocycles. The number of nitro benzene ring substituents is 1. The van der Waals surface area contributed by atoms with Gasteiger partial charge >= 0.3 is 0 Å². The van der Waals surface area contributed by atoms with E-state index in [0.29, 0.717) is 5.76 Å². The Kier molecular flexibility index (Phi) is 5.50. The first-order chi connectivity index (χ1) is 15.3. The van der Waals surface area contributed by atoms with Crippen LogP contribution < -0.4 is 4.90 Å². The van der Waals surface area contributed by atoms with Gasteiger partial charge in [-0.1, -0.05) is 0 Å². The molecule has 0 N–H and O–H groups in total. The van der Waals surface area contributed by atoms with Crippen LogP contribution in [0.15, 0.2) is 71.3 Å². The molecule has 1 aliphatic heterocycles. The van der Waals surface area contributed by atoms with Crippen LogP contribution in [-0.2, 0) is 16.1 Å². The maximum Gasteiger partial charge on any atom is 0.269 e. The molecule has 1 aliphatic rings. The topological polar surface area (TPSA) is 114 Å². The zero-order valence-corrected chi connectivity index (χ0v) is 16.5. The summed E-state index contributed by atoms with van der Waals surface area (Å²) in [6.07, 6.45) is 1.14. The van der Waals surface area contributed by atoms with Crippen molar-refractivity contribution in [2.45, 2.75) is 19.0 Å². The van der Waals surface area contributed by atoms with Gasteiger partial charge in [0.1, 0.15) is 17.6 Å². The predicted octanol–water partition coefficient (Wildman–Crippen LogP) is 3.30. The number of hydrogen-bond donors (Lipinski definition) is 0. The fourth-order valence-corrected chi connectivity index (χ4v) is 3.51. The van der Waals surface area contributed by atoms with Gasteiger partial charge in [-0.25, -0.2) is 9.29 Å². The Hall–Kier alpha value is -4.34. The number of imide groups is 1. The molecule has 1 unspecified atom stereocenters. The van der Waals surface area contributed by atoms with E-state index in [2.05, 4.69) is 0 Å². The van der Waals surface area contributed by atoms with Crippen LogP contribution in [0.3, 0.4) is 0 Å². The molecular weight excluding hydrogens is 421 g/mol. The third-order valence-electron chi connectivity index (χ3n) is 5.08. The van der Waals surface area contributed by atoms with Crippen LogP contribution in [0.25, 0.3) is 0 Å². The fraction of sp³-hybridized carbons (Fsp3) is 0.136. The molecule has 10 heteroatoms. The van der Waals surface area contributed by atoms with Crippen LogP contribution in [0.1, 0.15) is 22.5 Å². The molecule has 32 heavy (non-hydrogen) atoms. The van der Waals surface area contributed by atoms with Crippen molar-refractivity contribution in [3.8, 4) is 0 Å². The molecule has 1 fully saturated rings. The zero-order chi connectivity index (χ0) is 22.8. The number of amides is 3. The van der Waals surface area contributed by atoms with E-state index in [-0.39, 0.29) is 29.9 Å². The molecule has 0 bridgehead atoms. The molecule has 3 amide bonds. The molecule has 0 radical (unpaired) electrons. The van der Waals surface area contributed by atoms with E-state index in [1.807, 2.05) is 0 Å². The Morgan fingerprint density at radius 3 is 2.41 bits per heavy atom. The average molecular weight is 437 g/mol. The summed E-state index contributed by atoms with van der Waals surface area (Å²) >= 11 is 0. The molecule has 1 aromatic heterocycles. The largest absolute Gasteiger partial charge is 0.467 e. The summed E-state index contributed by atoms with van der Waals surface area (Å²) < 4.78 is 18.6. The van der Waals surface area contributed by atoms with Crippen molar-refractivity contribution in [1.29, 1.82) is 0 Å². The van der Waals surface area contributed by atoms with E-state index in [1.54, 1.807) is 12.1 Å². The van der Waals surface area contributed by atoms with E-state index in [1.165, 1.54) is 47.6 Å². The molecule has 162 valence electrons. The number of carbonyl (C=O) groups excluding carboxylic acids is 3. The lowest BCUT2D eigenvalue weighted by Gasteiger charge is -2.27. The Balaban J connectivity index is 1.66. The smallest absolute Gasteiger partial charge is 0.269 e. The van der Waals surface area contributed by atoms with E-state index >= 15 is 0 Å². The number of halogens is 1. The number of hydrogen-bond acceptors (Lipinski definition) is 6. The first-order valence-electron chi connectivity index (χ1n) is 9.55. The number of carbonyl (C=O) groups is 3. The van der Waals surface area contributed by atoms with Crippen LogP contribution in [0.2, 0.25) is 0 Å². The van der Waals surface area contributed by atoms with E-state index in [9.17, 15) is 28.9 Å². The summed E-state index contributed by atoms with van der Waals surface area (Å²) in [6.45, 7) is -0.0935. The summed E-state index contributed by atoms with van der Waals surface area (Å²) in [6, 6.07) is 11.9. The van der Waals surface area contributed by atoms with Gasteiger partial charge in [0.15, 0.2) is 0 Å². The van der Waals surface area contributed by atoms with E-state index < -0.39 is 34.5 Å². The summed E-state index contributed by atoms with van der Waals surface area (Å²) in [7, 11) is 0. The number of non-ortho nitro benzene ring substituents is 1. The highest BCUT2D eigenvalue weighted by Gasteiger charge is 2.44. The normalized spacial score (nSPS) is 15.8. The highest BCUT2D eigenvalue weighted by Crippen LogP contribution is 2.28. The van der Waals surface area contributed by atoms with Crippen LogP contribution in [0, 0.1) is 15.9 Å². The lowest BCUT2D eigenvalue weighted by atomic mass is 10.1. The highest BCUT2D eigenvalue weighted by molar-refractivity contribution is 6.23. The molecule has 9 nitrogen and oxygen atoms in total. The number of nitrogens with zero attached hydrogens (tertiary/aromatic N) is 3. The Labute approximate surface area is 180 Å². The van der Waals surface area contributed by atoms with Gasteiger partial charge < -0.3 is 9.32 Å². The second-order valence-electron chi connectivity index (χ2n) is 7.08. The van der Waals surface area contributed by atoms with Gasteiger partial charge in [0.2, 0.25) is 5.91 Å². The van der Waals surface area contributed by atoms with Gasteiger partial charge in [0.05, 0.1) is 29.8 Å². The van der Waals surface area contributed by atoms with E-state index in [4.69, 9.17) is 4.42 Å². The molecular formula is C22H16FN3O6. The van der Waals surface area contributed by atoms with Crippen molar-refractivity contribution in [3.63, 3.8) is 0 Å². The molecule has 0 aliphatic carbocycles. The van der Waals surface area contributed by atoms with Crippen molar-refractivity contribution in [2.75, 3.05) is 4.90 Å². The molecule has 0 spiro atoms. The first kappa shape index (κ1) is 20.9. The molecule has 1 saturated heterocycles. The Bertz CT molecular complexity index is 1180. The van der Waals surface area contributed by atoms with Gasteiger partial charge in [-0.3, -0.25) is 24.5 Å². The minimum Gasteiger partial charge on any atom is -0.467 e. The summed E-state index contributed by atoms with van der Waals surface area (Å²) in [5, 5.41) is 10.9. The zero-order valence-electron chi connectivity index (χ0n) is 16.5. The highest BCUT2D eigenvalue weighted by atomic mass is 19.1. The molecule has 1 atom stereocenters. The number of benzene rings is 2. The van der Waals surface area contributed by atoms with Crippen molar-refractivity contribution in [3.05, 3.63) is 94.2 Å². The minimum atomic E-state index is -1.12.